The van der Waals surface area contributed by atoms with Crippen LogP contribution in [0.4, 0.5) is 0 Å². The van der Waals surface area contributed by atoms with Crippen molar-refractivity contribution in [3.8, 4) is 0 Å². The molecule has 1 aromatic rings. The highest BCUT2D eigenvalue weighted by Gasteiger charge is 2.34. The molecule has 1 N–H and O–H groups in total. The Hall–Kier alpha value is -0.860. The van der Waals surface area contributed by atoms with Gasteiger partial charge in [-0.3, -0.25) is 0 Å². The van der Waals surface area contributed by atoms with Gasteiger partial charge in [-0.1, -0.05) is 30.3 Å². The van der Waals surface area contributed by atoms with Gasteiger partial charge in [0.05, 0.1) is 39.2 Å². The van der Waals surface area contributed by atoms with Crippen LogP contribution in [0.1, 0.15) is 17.9 Å². The molecule has 0 bridgehead atoms. The molecule has 1 fully saturated rings. The minimum absolute atomic E-state index is 0.168. The summed E-state index contributed by atoms with van der Waals surface area (Å²) in [6.07, 6.45) is 0.741. The first kappa shape index (κ1) is 10.7. The Bertz CT molecular complexity index is 321. The smallest absolute Gasteiger partial charge is 0.0877 e. The van der Waals surface area contributed by atoms with Gasteiger partial charge < -0.3 is 9.59 Å². The van der Waals surface area contributed by atoms with Crippen molar-refractivity contribution in [2.24, 2.45) is 0 Å². The van der Waals surface area contributed by atoms with Gasteiger partial charge in [0.1, 0.15) is 0 Å². The van der Waals surface area contributed by atoms with E-state index in [1.54, 1.807) is 0 Å². The molecule has 2 rings (SSSR count). The fourth-order valence-corrected chi connectivity index (χ4v) is 2.46. The highest BCUT2D eigenvalue weighted by molar-refractivity contribution is 5.21. The summed E-state index contributed by atoms with van der Waals surface area (Å²) in [5.41, 5.74) is 1.27. The average molecular weight is 206 g/mol. The van der Waals surface area contributed by atoms with Crippen LogP contribution in [0.25, 0.3) is 0 Å². The number of piperidine rings is 1. The van der Waals surface area contributed by atoms with Gasteiger partial charge in [-0.2, -0.15) is 0 Å². The standard InChI is InChI=1S/C13H20NO/c1-14(2)9-8-13(15)12(10-14)11-6-4-3-5-7-11/h3-7,12-13,15H,8-10H2,1-2H3/q+1/t12-,13-/m1/s1. The number of aliphatic hydroxyl groups excluding tert-OH is 1. The van der Waals surface area contributed by atoms with Crippen LogP contribution in [0, 0.1) is 0 Å². The minimum atomic E-state index is -0.168. The van der Waals surface area contributed by atoms with Crippen molar-refractivity contribution in [1.82, 2.24) is 0 Å². The Labute approximate surface area is 91.7 Å². The van der Waals surface area contributed by atoms with Crippen LogP contribution in [0.3, 0.4) is 0 Å². The molecule has 1 aliphatic heterocycles. The summed E-state index contributed by atoms with van der Waals surface area (Å²) in [5, 5.41) is 10.0. The number of likely N-dealkylation sites (tertiary alicyclic amines) is 1. The number of benzene rings is 1. The lowest BCUT2D eigenvalue weighted by atomic mass is 9.87. The van der Waals surface area contributed by atoms with Crippen molar-refractivity contribution in [2.45, 2.75) is 18.4 Å². The fraction of sp³-hybridized carbons (Fsp3) is 0.538. The third-order valence-corrected chi connectivity index (χ3v) is 3.41. The number of rotatable bonds is 1. The van der Waals surface area contributed by atoms with E-state index in [0.29, 0.717) is 5.92 Å². The molecule has 1 aliphatic rings. The molecule has 2 nitrogen and oxygen atoms in total. The highest BCUT2D eigenvalue weighted by Crippen LogP contribution is 2.29. The third kappa shape index (κ3) is 2.39. The van der Waals surface area contributed by atoms with E-state index in [1.807, 2.05) is 6.07 Å². The second-order valence-electron chi connectivity index (χ2n) is 5.22. The molecular formula is C13H20NO+. The number of quaternary nitrogens is 1. The first-order valence-electron chi connectivity index (χ1n) is 5.63. The highest BCUT2D eigenvalue weighted by atomic mass is 16.3. The summed E-state index contributed by atoms with van der Waals surface area (Å²) in [6.45, 7) is 2.11. The summed E-state index contributed by atoms with van der Waals surface area (Å²) in [6, 6.07) is 10.4. The van der Waals surface area contributed by atoms with Crippen molar-refractivity contribution in [1.29, 1.82) is 0 Å². The lowest BCUT2D eigenvalue weighted by molar-refractivity contribution is -0.897. The van der Waals surface area contributed by atoms with Crippen LogP contribution in [0.5, 0.6) is 0 Å². The van der Waals surface area contributed by atoms with Gasteiger partial charge in [-0.15, -0.1) is 0 Å². The number of hydrogen-bond acceptors (Lipinski definition) is 1. The van der Waals surface area contributed by atoms with Gasteiger partial charge in [-0.05, 0) is 5.56 Å². The molecule has 82 valence electrons. The fourth-order valence-electron chi connectivity index (χ4n) is 2.46. The number of likely N-dealkylation sites (N-methyl/N-ethyl adjacent to an activating group) is 1. The zero-order valence-corrected chi connectivity index (χ0v) is 9.56. The maximum atomic E-state index is 10.0. The van der Waals surface area contributed by atoms with Gasteiger partial charge in [0.25, 0.3) is 0 Å². The maximum Gasteiger partial charge on any atom is 0.0877 e. The molecule has 0 saturated carbocycles. The molecule has 0 spiro atoms. The van der Waals surface area contributed by atoms with Crippen LogP contribution in [-0.2, 0) is 0 Å². The molecular weight excluding hydrogens is 186 g/mol. The summed E-state index contributed by atoms with van der Waals surface area (Å²) < 4.78 is 1.01. The van der Waals surface area contributed by atoms with Crippen LogP contribution < -0.4 is 0 Å². The monoisotopic (exact) mass is 206 g/mol. The predicted octanol–water partition coefficient (Wildman–Crippen LogP) is 1.61. The molecule has 0 amide bonds. The maximum absolute atomic E-state index is 10.0. The second-order valence-corrected chi connectivity index (χ2v) is 5.22. The Kier molecular flexibility index (Phi) is 2.81. The van der Waals surface area contributed by atoms with Crippen LogP contribution in [0.2, 0.25) is 0 Å². The molecule has 0 unspecified atom stereocenters. The molecule has 1 heterocycles. The van der Waals surface area contributed by atoms with E-state index in [0.717, 1.165) is 24.0 Å². The average Bonchev–Trinajstić information content (AvgIpc) is 2.23. The molecule has 0 aliphatic carbocycles. The largest absolute Gasteiger partial charge is 0.392 e. The second kappa shape index (κ2) is 3.95. The first-order chi connectivity index (χ1) is 7.08. The zero-order valence-electron chi connectivity index (χ0n) is 9.56. The molecule has 0 radical (unpaired) electrons. The molecule has 2 atom stereocenters. The van der Waals surface area contributed by atoms with Gasteiger partial charge in [0, 0.05) is 6.42 Å². The van der Waals surface area contributed by atoms with E-state index >= 15 is 0 Å². The first-order valence-corrected chi connectivity index (χ1v) is 5.63. The normalized spacial score (nSPS) is 30.1. The Morgan fingerprint density at radius 1 is 1.20 bits per heavy atom. The summed E-state index contributed by atoms with van der Waals surface area (Å²) >= 11 is 0. The van der Waals surface area contributed by atoms with E-state index < -0.39 is 0 Å². The van der Waals surface area contributed by atoms with Crippen molar-refractivity contribution in [3.05, 3.63) is 35.9 Å². The number of nitrogens with zero attached hydrogens (tertiary/aromatic N) is 1. The van der Waals surface area contributed by atoms with Gasteiger partial charge in [0.2, 0.25) is 0 Å². The molecule has 1 aromatic carbocycles. The van der Waals surface area contributed by atoms with Gasteiger partial charge in [-0.25, -0.2) is 0 Å². The summed E-state index contributed by atoms with van der Waals surface area (Å²) in [5.74, 6) is 0.301. The van der Waals surface area contributed by atoms with Crippen molar-refractivity contribution in [3.63, 3.8) is 0 Å². The van der Waals surface area contributed by atoms with Crippen molar-refractivity contribution in [2.75, 3.05) is 27.2 Å². The lowest BCUT2D eigenvalue weighted by Gasteiger charge is -2.40. The Morgan fingerprint density at radius 2 is 1.87 bits per heavy atom. The van der Waals surface area contributed by atoms with E-state index in [2.05, 4.69) is 38.4 Å². The van der Waals surface area contributed by atoms with E-state index in [4.69, 9.17) is 0 Å². The van der Waals surface area contributed by atoms with Crippen LogP contribution in [-0.4, -0.2) is 42.9 Å². The minimum Gasteiger partial charge on any atom is -0.392 e. The third-order valence-electron chi connectivity index (χ3n) is 3.41. The molecule has 15 heavy (non-hydrogen) atoms. The van der Waals surface area contributed by atoms with E-state index in [9.17, 15) is 5.11 Å². The van der Waals surface area contributed by atoms with E-state index in [-0.39, 0.29) is 6.10 Å². The van der Waals surface area contributed by atoms with Crippen molar-refractivity contribution < 1.29 is 9.59 Å². The number of hydrogen-bond donors (Lipinski definition) is 1. The van der Waals surface area contributed by atoms with Gasteiger partial charge >= 0.3 is 0 Å². The molecule has 1 saturated heterocycles. The van der Waals surface area contributed by atoms with Crippen LogP contribution in [0.15, 0.2) is 30.3 Å². The van der Waals surface area contributed by atoms with Crippen molar-refractivity contribution >= 4 is 0 Å². The molecule has 0 aromatic heterocycles. The Morgan fingerprint density at radius 3 is 2.53 bits per heavy atom. The quantitative estimate of drug-likeness (QED) is 0.692. The SMILES string of the molecule is C[N+]1(C)CC[C@@H](O)[C@@H](c2ccccc2)C1. The predicted molar refractivity (Wildman–Crippen MR) is 61.6 cm³/mol. The van der Waals surface area contributed by atoms with Crippen LogP contribution >= 0.6 is 0 Å². The van der Waals surface area contributed by atoms with E-state index in [1.165, 1.54) is 5.56 Å². The Balaban J connectivity index is 2.20. The lowest BCUT2D eigenvalue weighted by Crippen LogP contribution is -2.51. The van der Waals surface area contributed by atoms with Gasteiger partial charge in [0.15, 0.2) is 0 Å². The topological polar surface area (TPSA) is 20.2 Å². The summed E-state index contributed by atoms with van der Waals surface area (Å²) in [4.78, 5) is 0. The summed E-state index contributed by atoms with van der Waals surface area (Å²) in [7, 11) is 4.48. The zero-order chi connectivity index (χ0) is 10.9. The molecule has 2 heteroatoms. The number of aliphatic hydroxyl groups is 1.